The topological polar surface area (TPSA) is 70.3 Å². The fraction of sp³-hybridized carbons (Fsp3) is 0.421. The molecule has 0 amide bonds. The summed E-state index contributed by atoms with van der Waals surface area (Å²) < 4.78 is 32.5. The van der Waals surface area contributed by atoms with Crippen LogP contribution in [-0.4, -0.2) is 71.2 Å². The van der Waals surface area contributed by atoms with E-state index in [9.17, 15) is 8.78 Å². The van der Waals surface area contributed by atoms with Gasteiger partial charge in [0.05, 0.1) is 0 Å². The fourth-order valence-corrected chi connectivity index (χ4v) is 3.39. The van der Waals surface area contributed by atoms with Crippen molar-refractivity contribution >= 4 is 16.9 Å². The lowest BCUT2D eigenvalue weighted by atomic mass is 10.1. The lowest BCUT2D eigenvalue weighted by molar-refractivity contribution is 0.154. The van der Waals surface area contributed by atoms with Crippen molar-refractivity contribution in [1.82, 2.24) is 24.9 Å². The van der Waals surface area contributed by atoms with Crippen molar-refractivity contribution in [2.45, 2.75) is 6.42 Å². The number of fused-ring (bicyclic) bond motifs is 1. The molecule has 9 heteroatoms. The molecule has 0 saturated carbocycles. The summed E-state index contributed by atoms with van der Waals surface area (Å²) in [4.78, 5) is 13.1. The highest BCUT2D eigenvalue weighted by Gasteiger charge is 2.18. The maximum Gasteiger partial charge on any atom is 0.263 e. The molecule has 0 unspecified atom stereocenters. The Morgan fingerprint density at radius 2 is 1.82 bits per heavy atom. The molecule has 1 fully saturated rings. The van der Waals surface area contributed by atoms with Crippen LogP contribution in [-0.2, 0) is 0 Å². The van der Waals surface area contributed by atoms with Crippen LogP contribution in [0.15, 0.2) is 29.0 Å². The summed E-state index contributed by atoms with van der Waals surface area (Å²) >= 11 is 0. The molecule has 148 valence electrons. The second-order valence-corrected chi connectivity index (χ2v) is 7.02. The van der Waals surface area contributed by atoms with E-state index in [1.165, 1.54) is 18.5 Å². The van der Waals surface area contributed by atoms with E-state index in [0.29, 0.717) is 23.4 Å². The van der Waals surface area contributed by atoms with Gasteiger partial charge in [-0.1, -0.05) is 5.16 Å². The number of nitrogens with one attached hydrogen (secondary N) is 1. The minimum absolute atomic E-state index is 0.274. The summed E-state index contributed by atoms with van der Waals surface area (Å²) in [5.41, 5.74) is 0.873. The number of halogens is 2. The highest BCUT2D eigenvalue weighted by atomic mass is 19.1. The van der Waals surface area contributed by atoms with Gasteiger partial charge in [0.2, 0.25) is 0 Å². The molecule has 0 bridgehead atoms. The molecular formula is C19H22F2N6O. The molecule has 3 aromatic rings. The quantitative estimate of drug-likeness (QED) is 0.651. The standard InChI is InChI=1S/C19H22F2N6O/c1-26-5-7-27(8-6-26)4-2-3-22-18-16-17(25-28-19(16)24-12-23-18)13-9-14(20)11-15(21)10-13/h9-12H,2-8H2,1H3,(H,22,23,24). The molecule has 2 aromatic heterocycles. The summed E-state index contributed by atoms with van der Waals surface area (Å²) in [5.74, 6) is -0.807. The molecule has 1 aliphatic heterocycles. The van der Waals surface area contributed by atoms with Crippen LogP contribution in [0.4, 0.5) is 14.6 Å². The van der Waals surface area contributed by atoms with Gasteiger partial charge in [-0.3, -0.25) is 0 Å². The minimum atomic E-state index is -0.676. The van der Waals surface area contributed by atoms with Gasteiger partial charge in [0.1, 0.15) is 34.9 Å². The number of piperazine rings is 1. The van der Waals surface area contributed by atoms with Gasteiger partial charge in [-0.25, -0.2) is 13.8 Å². The van der Waals surface area contributed by atoms with Crippen LogP contribution in [0.3, 0.4) is 0 Å². The number of aromatic nitrogens is 3. The summed E-state index contributed by atoms with van der Waals surface area (Å²) in [6.07, 6.45) is 2.33. The molecule has 0 aliphatic carbocycles. The minimum Gasteiger partial charge on any atom is -0.369 e. The van der Waals surface area contributed by atoms with Gasteiger partial charge in [-0.2, -0.15) is 4.98 Å². The van der Waals surface area contributed by atoms with Gasteiger partial charge in [0.25, 0.3) is 5.71 Å². The highest BCUT2D eigenvalue weighted by Crippen LogP contribution is 2.31. The van der Waals surface area contributed by atoms with E-state index in [1.54, 1.807) is 0 Å². The first-order valence-corrected chi connectivity index (χ1v) is 9.32. The predicted molar refractivity (Wildman–Crippen MR) is 102 cm³/mol. The smallest absolute Gasteiger partial charge is 0.263 e. The number of nitrogens with zero attached hydrogens (tertiary/aromatic N) is 5. The first-order valence-electron chi connectivity index (χ1n) is 9.32. The van der Waals surface area contributed by atoms with Crippen molar-refractivity contribution in [3.63, 3.8) is 0 Å². The Labute approximate surface area is 161 Å². The summed E-state index contributed by atoms with van der Waals surface area (Å²) in [6.45, 7) is 6.05. The molecule has 0 atom stereocenters. The number of hydrogen-bond acceptors (Lipinski definition) is 7. The average Bonchev–Trinajstić information content (AvgIpc) is 3.11. The third kappa shape index (κ3) is 4.10. The Kier molecular flexibility index (Phi) is 5.45. The molecule has 28 heavy (non-hydrogen) atoms. The number of anilines is 1. The van der Waals surface area contributed by atoms with E-state index >= 15 is 0 Å². The average molecular weight is 388 g/mol. The van der Waals surface area contributed by atoms with Crippen LogP contribution in [0.5, 0.6) is 0 Å². The van der Waals surface area contributed by atoms with Crippen LogP contribution in [0, 0.1) is 11.6 Å². The molecule has 1 N–H and O–H groups in total. The van der Waals surface area contributed by atoms with E-state index in [0.717, 1.165) is 45.2 Å². The maximum absolute atomic E-state index is 13.6. The summed E-state index contributed by atoms with van der Waals surface area (Å²) in [7, 11) is 2.14. The lowest BCUT2D eigenvalue weighted by Gasteiger charge is -2.32. The van der Waals surface area contributed by atoms with Gasteiger partial charge in [0.15, 0.2) is 0 Å². The lowest BCUT2D eigenvalue weighted by Crippen LogP contribution is -2.44. The number of hydrogen-bond donors (Lipinski definition) is 1. The Hall–Kier alpha value is -2.65. The van der Waals surface area contributed by atoms with Crippen molar-refractivity contribution in [3.05, 3.63) is 36.2 Å². The second kappa shape index (κ2) is 8.15. The SMILES string of the molecule is CN1CCN(CCCNc2ncnc3onc(-c4cc(F)cc(F)c4)c23)CC1. The largest absolute Gasteiger partial charge is 0.369 e. The van der Waals surface area contributed by atoms with E-state index in [-0.39, 0.29) is 11.3 Å². The van der Waals surface area contributed by atoms with Gasteiger partial charge >= 0.3 is 0 Å². The fourth-order valence-electron chi connectivity index (χ4n) is 3.39. The first-order chi connectivity index (χ1) is 13.6. The molecule has 1 aromatic carbocycles. The molecule has 1 aliphatic rings. The van der Waals surface area contributed by atoms with E-state index < -0.39 is 11.6 Å². The Morgan fingerprint density at radius 3 is 2.57 bits per heavy atom. The van der Waals surface area contributed by atoms with Gasteiger partial charge < -0.3 is 19.6 Å². The number of benzene rings is 1. The van der Waals surface area contributed by atoms with Gasteiger partial charge in [-0.15, -0.1) is 0 Å². The number of likely N-dealkylation sites (N-methyl/N-ethyl adjacent to an activating group) is 1. The zero-order chi connectivity index (χ0) is 19.5. The van der Waals surface area contributed by atoms with Crippen molar-refractivity contribution in [2.75, 3.05) is 51.6 Å². The van der Waals surface area contributed by atoms with Crippen molar-refractivity contribution in [3.8, 4) is 11.3 Å². The zero-order valence-electron chi connectivity index (χ0n) is 15.7. The summed E-state index contributed by atoms with van der Waals surface area (Å²) in [6, 6.07) is 3.24. The third-order valence-corrected chi connectivity index (χ3v) is 4.95. The second-order valence-electron chi connectivity index (χ2n) is 7.02. The molecule has 4 rings (SSSR count). The van der Waals surface area contributed by atoms with Crippen molar-refractivity contribution < 1.29 is 13.3 Å². The predicted octanol–water partition coefficient (Wildman–Crippen LogP) is 2.61. The van der Waals surface area contributed by atoms with E-state index in [4.69, 9.17) is 4.52 Å². The van der Waals surface area contributed by atoms with Crippen LogP contribution in [0.1, 0.15) is 6.42 Å². The molecule has 3 heterocycles. The van der Waals surface area contributed by atoms with Crippen LogP contribution in [0.2, 0.25) is 0 Å². The van der Waals surface area contributed by atoms with Crippen molar-refractivity contribution in [1.29, 1.82) is 0 Å². The third-order valence-electron chi connectivity index (χ3n) is 4.95. The van der Waals surface area contributed by atoms with Crippen molar-refractivity contribution in [2.24, 2.45) is 0 Å². The monoisotopic (exact) mass is 388 g/mol. The molecule has 0 radical (unpaired) electrons. The molecule has 7 nitrogen and oxygen atoms in total. The van der Waals surface area contributed by atoms with Crippen LogP contribution >= 0.6 is 0 Å². The molecule has 0 spiro atoms. The molecule has 1 saturated heterocycles. The maximum atomic E-state index is 13.6. The van der Waals surface area contributed by atoms with E-state index in [1.807, 2.05) is 0 Å². The zero-order valence-corrected chi connectivity index (χ0v) is 15.7. The van der Waals surface area contributed by atoms with Crippen LogP contribution < -0.4 is 5.32 Å². The van der Waals surface area contributed by atoms with E-state index in [2.05, 4.69) is 37.3 Å². The van der Waals surface area contributed by atoms with Crippen LogP contribution in [0.25, 0.3) is 22.4 Å². The van der Waals surface area contributed by atoms with Gasteiger partial charge in [0, 0.05) is 44.4 Å². The Balaban J connectivity index is 1.47. The Bertz CT molecular complexity index is 934. The highest BCUT2D eigenvalue weighted by molar-refractivity contribution is 5.97. The normalized spacial score (nSPS) is 16.0. The van der Waals surface area contributed by atoms with Gasteiger partial charge in [-0.05, 0) is 32.1 Å². The first kappa shape index (κ1) is 18.7. The summed E-state index contributed by atoms with van der Waals surface area (Å²) in [5, 5.41) is 7.76. The number of rotatable bonds is 6. The Morgan fingerprint density at radius 1 is 1.07 bits per heavy atom. The molecular weight excluding hydrogens is 366 g/mol.